The van der Waals surface area contributed by atoms with Crippen LogP contribution in [0.15, 0.2) is 24.4 Å². The molecule has 20 heavy (non-hydrogen) atoms. The standard InChI is InChI=1S/C13H16F3N3O/c14-13(15,16)9-4-3-5-10(8-9)18-12(20)19-11-6-1-2-7-17-11/h1-2,6-7,9-10H,3-5,8H2,(H2,17,18,19,20). The van der Waals surface area contributed by atoms with Crippen LogP contribution in [0.1, 0.15) is 25.7 Å². The van der Waals surface area contributed by atoms with Crippen LogP contribution in [0, 0.1) is 5.92 Å². The van der Waals surface area contributed by atoms with E-state index in [0.717, 1.165) is 0 Å². The van der Waals surface area contributed by atoms with E-state index in [0.29, 0.717) is 18.7 Å². The van der Waals surface area contributed by atoms with E-state index in [1.807, 2.05) is 0 Å². The van der Waals surface area contributed by atoms with E-state index in [2.05, 4.69) is 15.6 Å². The summed E-state index contributed by atoms with van der Waals surface area (Å²) >= 11 is 0. The van der Waals surface area contributed by atoms with Crippen molar-refractivity contribution in [1.82, 2.24) is 10.3 Å². The Balaban J connectivity index is 1.85. The zero-order chi connectivity index (χ0) is 14.6. The molecular weight excluding hydrogens is 271 g/mol. The second-order valence-electron chi connectivity index (χ2n) is 4.92. The number of alkyl halides is 3. The van der Waals surface area contributed by atoms with Crippen LogP contribution in [0.2, 0.25) is 0 Å². The molecular formula is C13H16F3N3O. The van der Waals surface area contributed by atoms with Crippen molar-refractivity contribution in [3.8, 4) is 0 Å². The van der Waals surface area contributed by atoms with Gasteiger partial charge < -0.3 is 5.32 Å². The molecule has 1 aromatic rings. The van der Waals surface area contributed by atoms with E-state index in [1.54, 1.807) is 18.2 Å². The topological polar surface area (TPSA) is 54.0 Å². The predicted molar refractivity (Wildman–Crippen MR) is 68.2 cm³/mol. The normalized spacial score (nSPS) is 23.1. The summed E-state index contributed by atoms with van der Waals surface area (Å²) in [5, 5.41) is 5.08. The minimum absolute atomic E-state index is 0.0564. The Morgan fingerprint density at radius 2 is 2.10 bits per heavy atom. The van der Waals surface area contributed by atoms with Crippen LogP contribution in [-0.4, -0.2) is 23.2 Å². The number of nitrogens with zero attached hydrogens (tertiary/aromatic N) is 1. The number of amides is 2. The van der Waals surface area contributed by atoms with Crippen molar-refractivity contribution in [3.05, 3.63) is 24.4 Å². The summed E-state index contributed by atoms with van der Waals surface area (Å²) in [5.74, 6) is -0.954. The fourth-order valence-corrected chi connectivity index (χ4v) is 2.39. The molecule has 1 aliphatic rings. The number of nitrogens with one attached hydrogen (secondary N) is 2. The van der Waals surface area contributed by atoms with Gasteiger partial charge in [-0.05, 0) is 31.4 Å². The van der Waals surface area contributed by atoms with Gasteiger partial charge in [0.15, 0.2) is 0 Å². The molecule has 4 nitrogen and oxygen atoms in total. The summed E-state index contributed by atoms with van der Waals surface area (Å²) in [6.45, 7) is 0. The average molecular weight is 287 g/mol. The Hall–Kier alpha value is -1.79. The highest BCUT2D eigenvalue weighted by molar-refractivity contribution is 5.88. The van der Waals surface area contributed by atoms with Crippen LogP contribution in [0.3, 0.4) is 0 Å². The number of pyridine rings is 1. The lowest BCUT2D eigenvalue weighted by atomic mass is 9.85. The fraction of sp³-hybridized carbons (Fsp3) is 0.538. The molecule has 0 aromatic carbocycles. The fourth-order valence-electron chi connectivity index (χ4n) is 2.39. The third-order valence-electron chi connectivity index (χ3n) is 3.38. The minimum atomic E-state index is -4.18. The van der Waals surface area contributed by atoms with Gasteiger partial charge in [-0.3, -0.25) is 5.32 Å². The van der Waals surface area contributed by atoms with E-state index < -0.39 is 24.2 Å². The van der Waals surface area contributed by atoms with Crippen molar-refractivity contribution < 1.29 is 18.0 Å². The van der Waals surface area contributed by atoms with Gasteiger partial charge in [-0.15, -0.1) is 0 Å². The van der Waals surface area contributed by atoms with Crippen LogP contribution >= 0.6 is 0 Å². The molecule has 0 radical (unpaired) electrons. The van der Waals surface area contributed by atoms with Gasteiger partial charge >= 0.3 is 12.2 Å². The highest BCUT2D eigenvalue weighted by Gasteiger charge is 2.42. The van der Waals surface area contributed by atoms with Crippen LogP contribution in [-0.2, 0) is 0 Å². The first-order chi connectivity index (χ1) is 9.45. The molecule has 1 fully saturated rings. The number of hydrogen-bond donors (Lipinski definition) is 2. The molecule has 2 N–H and O–H groups in total. The Morgan fingerprint density at radius 3 is 2.75 bits per heavy atom. The molecule has 1 aromatic heterocycles. The molecule has 1 heterocycles. The minimum Gasteiger partial charge on any atom is -0.335 e. The van der Waals surface area contributed by atoms with Gasteiger partial charge in [0.25, 0.3) is 0 Å². The van der Waals surface area contributed by atoms with Gasteiger partial charge in [0.1, 0.15) is 5.82 Å². The zero-order valence-corrected chi connectivity index (χ0v) is 10.8. The van der Waals surface area contributed by atoms with Crippen molar-refractivity contribution in [2.45, 2.75) is 37.9 Å². The number of aromatic nitrogens is 1. The lowest BCUT2D eigenvalue weighted by Crippen LogP contribution is -2.43. The molecule has 0 spiro atoms. The lowest BCUT2D eigenvalue weighted by Gasteiger charge is -2.30. The first kappa shape index (κ1) is 14.6. The van der Waals surface area contributed by atoms with Crippen molar-refractivity contribution in [3.63, 3.8) is 0 Å². The molecule has 2 unspecified atom stereocenters. The predicted octanol–water partition coefficient (Wildman–Crippen LogP) is 3.32. The average Bonchev–Trinajstić information content (AvgIpc) is 2.39. The van der Waals surface area contributed by atoms with Gasteiger partial charge in [-0.25, -0.2) is 9.78 Å². The van der Waals surface area contributed by atoms with E-state index in [4.69, 9.17) is 0 Å². The summed E-state index contributed by atoms with van der Waals surface area (Å²) in [4.78, 5) is 15.6. The molecule has 7 heteroatoms. The molecule has 110 valence electrons. The second-order valence-corrected chi connectivity index (χ2v) is 4.92. The molecule has 2 atom stereocenters. The molecule has 2 amide bonds. The van der Waals surface area contributed by atoms with Crippen LogP contribution in [0.25, 0.3) is 0 Å². The van der Waals surface area contributed by atoms with Crippen molar-refractivity contribution >= 4 is 11.8 Å². The molecule has 2 rings (SSSR count). The van der Waals surface area contributed by atoms with E-state index in [9.17, 15) is 18.0 Å². The third kappa shape index (κ3) is 4.11. The summed E-state index contributed by atoms with van der Waals surface area (Å²) in [5.41, 5.74) is 0. The zero-order valence-electron chi connectivity index (χ0n) is 10.8. The van der Waals surface area contributed by atoms with Crippen LogP contribution in [0.5, 0.6) is 0 Å². The maximum absolute atomic E-state index is 12.7. The first-order valence-electron chi connectivity index (χ1n) is 6.50. The monoisotopic (exact) mass is 287 g/mol. The van der Waals surface area contributed by atoms with Gasteiger partial charge in [0.05, 0.1) is 5.92 Å². The number of carbonyl (C=O) groups excluding carboxylic acids is 1. The third-order valence-corrected chi connectivity index (χ3v) is 3.38. The van der Waals surface area contributed by atoms with Gasteiger partial charge in [-0.2, -0.15) is 13.2 Å². The lowest BCUT2D eigenvalue weighted by molar-refractivity contribution is -0.183. The Bertz CT molecular complexity index is 450. The summed E-state index contributed by atoms with van der Waals surface area (Å²) in [6.07, 6.45) is -1.53. The Morgan fingerprint density at radius 1 is 1.30 bits per heavy atom. The van der Waals surface area contributed by atoms with Gasteiger partial charge in [0.2, 0.25) is 0 Å². The summed E-state index contributed by atoms with van der Waals surface area (Å²) < 4.78 is 38.0. The SMILES string of the molecule is O=C(Nc1ccccn1)NC1CCCC(C(F)(F)F)C1. The van der Waals surface area contributed by atoms with Gasteiger partial charge in [-0.1, -0.05) is 12.5 Å². The molecule has 0 aliphatic heterocycles. The number of halogens is 3. The Labute approximate surface area is 114 Å². The van der Waals surface area contributed by atoms with Crippen molar-refractivity contribution in [2.75, 3.05) is 5.32 Å². The van der Waals surface area contributed by atoms with Gasteiger partial charge in [0, 0.05) is 12.2 Å². The number of hydrogen-bond acceptors (Lipinski definition) is 2. The number of urea groups is 1. The maximum Gasteiger partial charge on any atom is 0.391 e. The second kappa shape index (κ2) is 6.11. The van der Waals surface area contributed by atoms with E-state index >= 15 is 0 Å². The number of carbonyl (C=O) groups is 1. The van der Waals surface area contributed by atoms with E-state index in [-0.39, 0.29) is 12.8 Å². The number of anilines is 1. The van der Waals surface area contributed by atoms with Crippen molar-refractivity contribution in [1.29, 1.82) is 0 Å². The van der Waals surface area contributed by atoms with Crippen LogP contribution in [0.4, 0.5) is 23.8 Å². The number of rotatable bonds is 2. The summed E-state index contributed by atoms with van der Waals surface area (Å²) in [7, 11) is 0. The molecule has 1 aliphatic carbocycles. The highest BCUT2D eigenvalue weighted by Crippen LogP contribution is 2.37. The smallest absolute Gasteiger partial charge is 0.335 e. The van der Waals surface area contributed by atoms with E-state index in [1.165, 1.54) is 6.20 Å². The molecule has 0 bridgehead atoms. The van der Waals surface area contributed by atoms with Crippen molar-refractivity contribution in [2.24, 2.45) is 5.92 Å². The quantitative estimate of drug-likeness (QED) is 0.876. The Kier molecular flexibility index (Phi) is 4.46. The van der Waals surface area contributed by atoms with Crippen LogP contribution < -0.4 is 10.6 Å². The summed E-state index contributed by atoms with van der Waals surface area (Å²) in [6, 6.07) is 4.07. The molecule has 1 saturated carbocycles. The first-order valence-corrected chi connectivity index (χ1v) is 6.50. The highest BCUT2D eigenvalue weighted by atomic mass is 19.4. The largest absolute Gasteiger partial charge is 0.391 e. The maximum atomic E-state index is 12.7. The molecule has 0 saturated heterocycles.